The number of carbonyl (C=O) groups excluding carboxylic acids is 1. The lowest BCUT2D eigenvalue weighted by atomic mass is 9.96. The van der Waals surface area contributed by atoms with E-state index in [4.69, 9.17) is 0 Å². The van der Waals surface area contributed by atoms with Gasteiger partial charge in [0, 0.05) is 18.8 Å². The summed E-state index contributed by atoms with van der Waals surface area (Å²) in [6.45, 7) is 7.62. The fraction of sp³-hybridized carbons (Fsp3) is 0.421. The van der Waals surface area contributed by atoms with E-state index in [-0.39, 0.29) is 11.8 Å². The van der Waals surface area contributed by atoms with Crippen molar-refractivity contribution in [2.75, 3.05) is 23.3 Å². The molecule has 2 aromatic rings. The number of hydrogen-bond donors (Lipinski definition) is 1. The molecule has 0 aliphatic carbocycles. The summed E-state index contributed by atoms with van der Waals surface area (Å²) >= 11 is 0. The number of benzene rings is 1. The number of nitrogens with zero attached hydrogens (tertiary/aromatic N) is 3. The van der Waals surface area contributed by atoms with Crippen LogP contribution in [-0.4, -0.2) is 29.2 Å². The molecule has 1 amide bonds. The zero-order valence-corrected chi connectivity index (χ0v) is 14.5. The highest BCUT2D eigenvalue weighted by Crippen LogP contribution is 2.23. The Labute approximate surface area is 143 Å². The molecule has 24 heavy (non-hydrogen) atoms. The molecule has 1 aliphatic heterocycles. The van der Waals surface area contributed by atoms with Gasteiger partial charge in [-0.15, -0.1) is 5.10 Å². The topological polar surface area (TPSA) is 58.1 Å². The number of carbonyl (C=O) groups is 1. The molecule has 1 N–H and O–H groups in total. The summed E-state index contributed by atoms with van der Waals surface area (Å²) in [5, 5.41) is 11.5. The summed E-state index contributed by atoms with van der Waals surface area (Å²) in [6, 6.07) is 10.0. The van der Waals surface area contributed by atoms with Gasteiger partial charge < -0.3 is 10.2 Å². The van der Waals surface area contributed by atoms with Crippen LogP contribution in [0.25, 0.3) is 0 Å². The van der Waals surface area contributed by atoms with Gasteiger partial charge in [-0.05, 0) is 57.4 Å². The molecule has 1 aromatic heterocycles. The molecule has 1 unspecified atom stereocenters. The minimum Gasteiger partial charge on any atom is -0.354 e. The van der Waals surface area contributed by atoms with Gasteiger partial charge in [0.15, 0.2) is 5.82 Å². The van der Waals surface area contributed by atoms with Gasteiger partial charge >= 0.3 is 0 Å². The molecule has 1 aliphatic rings. The van der Waals surface area contributed by atoms with Gasteiger partial charge in [-0.3, -0.25) is 4.79 Å². The van der Waals surface area contributed by atoms with Gasteiger partial charge in [-0.1, -0.05) is 17.7 Å². The SMILES string of the molecule is Cc1ccc(NC(=O)C2CCCN(c3ccc(C)nn3)C2)c(C)c1. The van der Waals surface area contributed by atoms with Crippen LogP contribution in [0.15, 0.2) is 30.3 Å². The standard InChI is InChI=1S/C19H24N4O/c1-13-6-8-17(14(2)11-13)20-19(24)16-5-4-10-23(12-16)18-9-7-15(3)21-22-18/h6-9,11,16H,4-5,10,12H2,1-3H3,(H,20,24). The number of aryl methyl sites for hydroxylation is 3. The molecule has 0 bridgehead atoms. The minimum atomic E-state index is -0.0254. The molecular weight excluding hydrogens is 300 g/mol. The molecule has 0 spiro atoms. The number of piperidine rings is 1. The van der Waals surface area contributed by atoms with Crippen LogP contribution in [-0.2, 0) is 4.79 Å². The average molecular weight is 324 g/mol. The van der Waals surface area contributed by atoms with E-state index in [2.05, 4.69) is 33.4 Å². The predicted octanol–water partition coefficient (Wildman–Crippen LogP) is 3.26. The molecule has 1 fully saturated rings. The summed E-state index contributed by atoms with van der Waals surface area (Å²) in [6.07, 6.45) is 1.90. The molecule has 126 valence electrons. The van der Waals surface area contributed by atoms with Crippen LogP contribution in [0.1, 0.15) is 29.7 Å². The molecule has 2 heterocycles. The van der Waals surface area contributed by atoms with Crippen molar-refractivity contribution in [3.8, 4) is 0 Å². The van der Waals surface area contributed by atoms with E-state index in [9.17, 15) is 4.79 Å². The van der Waals surface area contributed by atoms with Crippen LogP contribution in [0.4, 0.5) is 11.5 Å². The maximum Gasteiger partial charge on any atom is 0.229 e. The minimum absolute atomic E-state index is 0.0254. The number of nitrogens with one attached hydrogen (secondary N) is 1. The molecule has 1 atom stereocenters. The second kappa shape index (κ2) is 6.99. The first-order valence-electron chi connectivity index (χ1n) is 8.46. The van der Waals surface area contributed by atoms with Crippen LogP contribution < -0.4 is 10.2 Å². The molecule has 1 saturated heterocycles. The Morgan fingerprint density at radius 2 is 2.00 bits per heavy atom. The van der Waals surface area contributed by atoms with Crippen molar-refractivity contribution in [2.24, 2.45) is 5.92 Å². The molecule has 3 rings (SSSR count). The summed E-state index contributed by atoms with van der Waals surface area (Å²) < 4.78 is 0. The number of hydrogen-bond acceptors (Lipinski definition) is 4. The summed E-state index contributed by atoms with van der Waals surface area (Å²) in [5.74, 6) is 0.916. The third-order valence-electron chi connectivity index (χ3n) is 4.54. The molecule has 0 radical (unpaired) electrons. The molecular formula is C19H24N4O. The van der Waals surface area contributed by atoms with Gasteiger partial charge in [0.05, 0.1) is 11.6 Å². The van der Waals surface area contributed by atoms with Crippen molar-refractivity contribution >= 4 is 17.4 Å². The first-order valence-corrected chi connectivity index (χ1v) is 8.46. The smallest absolute Gasteiger partial charge is 0.229 e. The number of amides is 1. The summed E-state index contributed by atoms with van der Waals surface area (Å²) in [5.41, 5.74) is 4.10. The Kier molecular flexibility index (Phi) is 4.79. The van der Waals surface area contributed by atoms with Gasteiger partial charge in [0.1, 0.15) is 0 Å². The first kappa shape index (κ1) is 16.4. The van der Waals surface area contributed by atoms with Gasteiger partial charge in [-0.2, -0.15) is 5.10 Å². The largest absolute Gasteiger partial charge is 0.354 e. The predicted molar refractivity (Wildman–Crippen MR) is 96.3 cm³/mol. The molecule has 5 nitrogen and oxygen atoms in total. The second-order valence-corrected chi connectivity index (χ2v) is 6.63. The zero-order valence-electron chi connectivity index (χ0n) is 14.5. The Morgan fingerprint density at radius 3 is 2.71 bits per heavy atom. The number of aromatic nitrogens is 2. The number of rotatable bonds is 3. The van der Waals surface area contributed by atoms with E-state index in [1.54, 1.807) is 0 Å². The van der Waals surface area contributed by atoms with Crippen LogP contribution in [0.2, 0.25) is 0 Å². The highest BCUT2D eigenvalue weighted by atomic mass is 16.1. The van der Waals surface area contributed by atoms with E-state index < -0.39 is 0 Å². The Bertz CT molecular complexity index is 727. The lowest BCUT2D eigenvalue weighted by molar-refractivity contribution is -0.120. The van der Waals surface area contributed by atoms with Gasteiger partial charge in [0.2, 0.25) is 5.91 Å². The van der Waals surface area contributed by atoms with Crippen molar-refractivity contribution in [3.63, 3.8) is 0 Å². The fourth-order valence-electron chi connectivity index (χ4n) is 3.15. The van der Waals surface area contributed by atoms with E-state index in [0.29, 0.717) is 6.54 Å². The summed E-state index contributed by atoms with van der Waals surface area (Å²) in [7, 11) is 0. The Hall–Kier alpha value is -2.43. The lowest BCUT2D eigenvalue weighted by Gasteiger charge is -2.32. The lowest BCUT2D eigenvalue weighted by Crippen LogP contribution is -2.41. The van der Waals surface area contributed by atoms with Gasteiger partial charge in [0.25, 0.3) is 0 Å². The van der Waals surface area contributed by atoms with E-state index in [1.165, 1.54) is 5.56 Å². The van der Waals surface area contributed by atoms with Crippen molar-refractivity contribution in [2.45, 2.75) is 33.6 Å². The highest BCUT2D eigenvalue weighted by Gasteiger charge is 2.27. The number of anilines is 2. The van der Waals surface area contributed by atoms with Crippen molar-refractivity contribution in [1.29, 1.82) is 0 Å². The van der Waals surface area contributed by atoms with Crippen molar-refractivity contribution < 1.29 is 4.79 Å². The summed E-state index contributed by atoms with van der Waals surface area (Å²) in [4.78, 5) is 14.8. The van der Waals surface area contributed by atoms with E-state index >= 15 is 0 Å². The van der Waals surface area contributed by atoms with E-state index in [0.717, 1.165) is 42.1 Å². The van der Waals surface area contributed by atoms with E-state index in [1.807, 2.05) is 38.1 Å². The maximum atomic E-state index is 12.7. The second-order valence-electron chi connectivity index (χ2n) is 6.63. The molecule has 0 saturated carbocycles. The average Bonchev–Trinajstić information content (AvgIpc) is 2.58. The zero-order chi connectivity index (χ0) is 17.1. The third-order valence-corrected chi connectivity index (χ3v) is 4.54. The quantitative estimate of drug-likeness (QED) is 0.941. The Balaban J connectivity index is 1.67. The Morgan fingerprint density at radius 1 is 1.17 bits per heavy atom. The third kappa shape index (κ3) is 3.72. The van der Waals surface area contributed by atoms with Crippen LogP contribution in [0, 0.1) is 26.7 Å². The molecule has 5 heteroatoms. The monoisotopic (exact) mass is 324 g/mol. The fourth-order valence-corrected chi connectivity index (χ4v) is 3.15. The van der Waals surface area contributed by atoms with Crippen LogP contribution in [0.3, 0.4) is 0 Å². The van der Waals surface area contributed by atoms with Crippen molar-refractivity contribution in [1.82, 2.24) is 10.2 Å². The normalized spacial score (nSPS) is 17.6. The van der Waals surface area contributed by atoms with Gasteiger partial charge in [-0.25, -0.2) is 0 Å². The first-order chi connectivity index (χ1) is 11.5. The van der Waals surface area contributed by atoms with Crippen molar-refractivity contribution in [3.05, 3.63) is 47.2 Å². The van der Waals surface area contributed by atoms with Crippen LogP contribution in [0.5, 0.6) is 0 Å². The maximum absolute atomic E-state index is 12.7. The molecule has 1 aromatic carbocycles. The van der Waals surface area contributed by atoms with Crippen LogP contribution >= 0.6 is 0 Å². The highest BCUT2D eigenvalue weighted by molar-refractivity contribution is 5.93.